The maximum absolute atomic E-state index is 12.0. The summed E-state index contributed by atoms with van der Waals surface area (Å²) in [7, 11) is 1.82. The van der Waals surface area contributed by atoms with Gasteiger partial charge in [0.2, 0.25) is 0 Å². The van der Waals surface area contributed by atoms with E-state index in [9.17, 15) is 4.79 Å². The topological polar surface area (TPSA) is 41.6 Å². The molecule has 0 unspecified atom stereocenters. The Morgan fingerprint density at radius 3 is 2.84 bits per heavy atom. The molecule has 2 rings (SSSR count). The molecule has 1 atom stereocenters. The third kappa shape index (κ3) is 4.56. The van der Waals surface area contributed by atoms with Crippen LogP contribution in [0.4, 0.5) is 10.5 Å². The Hall–Kier alpha value is -1.55. The third-order valence-electron chi connectivity index (χ3n) is 3.43. The molecule has 1 fully saturated rings. The predicted molar refractivity (Wildman–Crippen MR) is 76.3 cm³/mol. The molecule has 1 heterocycles. The highest BCUT2D eigenvalue weighted by Gasteiger charge is 2.16. The summed E-state index contributed by atoms with van der Waals surface area (Å²) in [5.41, 5.74) is 0.827. The fourth-order valence-corrected chi connectivity index (χ4v) is 2.21. The molecule has 0 radical (unpaired) electrons. The molecule has 0 aliphatic carbocycles. The molecule has 0 aromatic heterocycles. The van der Waals surface area contributed by atoms with Crippen molar-refractivity contribution in [1.82, 2.24) is 4.90 Å². The highest BCUT2D eigenvalue weighted by molar-refractivity contribution is 5.89. The Balaban J connectivity index is 1.73. The number of carbonyl (C=O) groups excluding carboxylic acids is 1. The van der Waals surface area contributed by atoms with E-state index < -0.39 is 0 Å². The zero-order chi connectivity index (χ0) is 13.5. The maximum Gasteiger partial charge on any atom is 0.321 e. The maximum atomic E-state index is 12.0. The average Bonchev–Trinajstić information content (AvgIpc) is 2.47. The summed E-state index contributed by atoms with van der Waals surface area (Å²) >= 11 is 0. The summed E-state index contributed by atoms with van der Waals surface area (Å²) in [6, 6.07) is 9.45. The Morgan fingerprint density at radius 1 is 1.37 bits per heavy atom. The number of amides is 2. The molecule has 1 saturated heterocycles. The minimum absolute atomic E-state index is 0.0676. The fraction of sp³-hybridized carbons (Fsp3) is 0.533. The highest BCUT2D eigenvalue weighted by atomic mass is 16.5. The Bertz CT molecular complexity index is 388. The van der Waals surface area contributed by atoms with Crippen LogP contribution >= 0.6 is 0 Å². The first kappa shape index (κ1) is 13.9. The number of anilines is 1. The number of nitrogens with zero attached hydrogens (tertiary/aromatic N) is 1. The van der Waals surface area contributed by atoms with Crippen LogP contribution in [0.15, 0.2) is 30.3 Å². The number of benzene rings is 1. The summed E-state index contributed by atoms with van der Waals surface area (Å²) in [6.07, 6.45) is 4.76. The quantitative estimate of drug-likeness (QED) is 0.906. The summed E-state index contributed by atoms with van der Waals surface area (Å²) in [6.45, 7) is 1.59. The first-order valence-corrected chi connectivity index (χ1v) is 6.94. The van der Waals surface area contributed by atoms with Gasteiger partial charge < -0.3 is 15.0 Å². The first-order chi connectivity index (χ1) is 9.25. The molecule has 104 valence electrons. The number of ether oxygens (including phenoxy) is 1. The summed E-state index contributed by atoms with van der Waals surface area (Å²) in [4.78, 5) is 13.7. The van der Waals surface area contributed by atoms with Crippen LogP contribution in [0.5, 0.6) is 0 Å². The third-order valence-corrected chi connectivity index (χ3v) is 3.43. The van der Waals surface area contributed by atoms with Crippen LogP contribution in [0.1, 0.15) is 25.7 Å². The number of para-hydroxylation sites is 1. The van der Waals surface area contributed by atoms with E-state index in [0.29, 0.717) is 6.10 Å². The van der Waals surface area contributed by atoms with Gasteiger partial charge in [-0.3, -0.25) is 0 Å². The van der Waals surface area contributed by atoms with E-state index in [4.69, 9.17) is 4.74 Å². The summed E-state index contributed by atoms with van der Waals surface area (Å²) < 4.78 is 5.67. The number of urea groups is 1. The lowest BCUT2D eigenvalue weighted by molar-refractivity contribution is 0.00848. The Morgan fingerprint density at radius 2 is 2.16 bits per heavy atom. The first-order valence-electron chi connectivity index (χ1n) is 6.94. The zero-order valence-electron chi connectivity index (χ0n) is 11.5. The van der Waals surface area contributed by atoms with Gasteiger partial charge in [0.15, 0.2) is 0 Å². The summed E-state index contributed by atoms with van der Waals surface area (Å²) in [5, 5.41) is 2.88. The van der Waals surface area contributed by atoms with E-state index >= 15 is 0 Å². The van der Waals surface area contributed by atoms with E-state index in [0.717, 1.165) is 31.7 Å². The van der Waals surface area contributed by atoms with E-state index in [2.05, 4.69) is 5.32 Å². The molecule has 4 nitrogen and oxygen atoms in total. The van der Waals surface area contributed by atoms with Gasteiger partial charge in [0, 0.05) is 25.9 Å². The minimum Gasteiger partial charge on any atom is -0.378 e. The molecule has 19 heavy (non-hydrogen) atoms. The van der Waals surface area contributed by atoms with E-state index in [1.807, 2.05) is 37.4 Å². The van der Waals surface area contributed by atoms with Crippen molar-refractivity contribution in [3.63, 3.8) is 0 Å². The number of carbonyl (C=O) groups is 1. The second kappa shape index (κ2) is 7.14. The van der Waals surface area contributed by atoms with Crippen LogP contribution in [-0.4, -0.2) is 37.2 Å². The monoisotopic (exact) mass is 262 g/mol. The average molecular weight is 262 g/mol. The smallest absolute Gasteiger partial charge is 0.321 e. The van der Waals surface area contributed by atoms with Crippen LogP contribution < -0.4 is 5.32 Å². The molecule has 2 amide bonds. The van der Waals surface area contributed by atoms with Gasteiger partial charge in [0.1, 0.15) is 0 Å². The van der Waals surface area contributed by atoms with Gasteiger partial charge in [-0.05, 0) is 37.8 Å². The molecule has 1 aliphatic heterocycles. The van der Waals surface area contributed by atoms with Gasteiger partial charge >= 0.3 is 6.03 Å². The molecule has 0 spiro atoms. The van der Waals surface area contributed by atoms with Crippen molar-refractivity contribution in [2.24, 2.45) is 0 Å². The van der Waals surface area contributed by atoms with Crippen LogP contribution in [0.25, 0.3) is 0 Å². The molecule has 4 heteroatoms. The van der Waals surface area contributed by atoms with E-state index in [1.54, 1.807) is 4.90 Å². The van der Waals surface area contributed by atoms with Crippen molar-refractivity contribution in [1.29, 1.82) is 0 Å². The molecule has 1 aromatic rings. The van der Waals surface area contributed by atoms with Crippen molar-refractivity contribution in [2.75, 3.05) is 25.5 Å². The van der Waals surface area contributed by atoms with Crippen molar-refractivity contribution >= 4 is 11.7 Å². The Kier molecular flexibility index (Phi) is 5.21. The lowest BCUT2D eigenvalue weighted by Gasteiger charge is -2.25. The van der Waals surface area contributed by atoms with Gasteiger partial charge in [-0.2, -0.15) is 0 Å². The highest BCUT2D eigenvalue weighted by Crippen LogP contribution is 2.16. The van der Waals surface area contributed by atoms with Crippen molar-refractivity contribution < 1.29 is 9.53 Å². The normalized spacial score (nSPS) is 18.9. The number of rotatable bonds is 4. The molecule has 1 N–H and O–H groups in total. The second-order valence-electron chi connectivity index (χ2n) is 4.99. The summed E-state index contributed by atoms with van der Waals surface area (Å²) in [5.74, 6) is 0. The second-order valence-corrected chi connectivity index (χ2v) is 4.99. The molecule has 1 aliphatic rings. The van der Waals surface area contributed by atoms with Crippen LogP contribution in [0.2, 0.25) is 0 Å². The fourth-order valence-electron chi connectivity index (χ4n) is 2.21. The predicted octanol–water partition coefficient (Wildman–Crippen LogP) is 3.11. The molecular weight excluding hydrogens is 240 g/mol. The lowest BCUT2D eigenvalue weighted by Crippen LogP contribution is -2.34. The van der Waals surface area contributed by atoms with Crippen molar-refractivity contribution in [3.05, 3.63) is 30.3 Å². The van der Waals surface area contributed by atoms with Crippen LogP contribution in [0, 0.1) is 0 Å². The minimum atomic E-state index is -0.0676. The van der Waals surface area contributed by atoms with Gasteiger partial charge in [-0.25, -0.2) is 4.79 Å². The number of hydrogen-bond acceptors (Lipinski definition) is 2. The molecule has 0 saturated carbocycles. The van der Waals surface area contributed by atoms with Gasteiger partial charge in [0.25, 0.3) is 0 Å². The zero-order valence-corrected chi connectivity index (χ0v) is 11.5. The van der Waals surface area contributed by atoms with Crippen molar-refractivity contribution in [3.8, 4) is 0 Å². The molecular formula is C15H22N2O2. The van der Waals surface area contributed by atoms with Crippen molar-refractivity contribution in [2.45, 2.75) is 31.8 Å². The van der Waals surface area contributed by atoms with E-state index in [1.165, 1.54) is 12.8 Å². The van der Waals surface area contributed by atoms with Gasteiger partial charge in [-0.15, -0.1) is 0 Å². The largest absolute Gasteiger partial charge is 0.378 e. The van der Waals surface area contributed by atoms with Gasteiger partial charge in [0.05, 0.1) is 6.10 Å². The van der Waals surface area contributed by atoms with Gasteiger partial charge in [-0.1, -0.05) is 18.2 Å². The van der Waals surface area contributed by atoms with E-state index in [-0.39, 0.29) is 6.03 Å². The SMILES string of the molecule is CN(CC[C@@H]1CCCCO1)C(=O)Nc1ccccc1. The standard InChI is InChI=1S/C15H22N2O2/c1-17(11-10-14-9-5-6-12-19-14)15(18)16-13-7-3-2-4-8-13/h2-4,7-8,14H,5-6,9-12H2,1H3,(H,16,18)/t14-/m0/s1. The van der Waals surface area contributed by atoms with Crippen LogP contribution in [-0.2, 0) is 4.74 Å². The number of hydrogen-bond donors (Lipinski definition) is 1. The molecule has 0 bridgehead atoms. The van der Waals surface area contributed by atoms with Crippen LogP contribution in [0.3, 0.4) is 0 Å². The number of nitrogens with one attached hydrogen (secondary N) is 1. The lowest BCUT2D eigenvalue weighted by atomic mass is 10.1. The Labute approximate surface area is 114 Å². The molecule has 1 aromatic carbocycles.